The summed E-state index contributed by atoms with van der Waals surface area (Å²) in [7, 11) is 0. The van der Waals surface area contributed by atoms with Crippen molar-refractivity contribution in [3.8, 4) is 0 Å². The Labute approximate surface area is 115 Å². The van der Waals surface area contributed by atoms with Gasteiger partial charge < -0.3 is 5.32 Å². The summed E-state index contributed by atoms with van der Waals surface area (Å²) in [4.78, 5) is 30.2. The van der Waals surface area contributed by atoms with Gasteiger partial charge in [-0.3, -0.25) is 14.0 Å². The Morgan fingerprint density at radius 2 is 2.21 bits per heavy atom. The molecule has 0 saturated carbocycles. The van der Waals surface area contributed by atoms with Gasteiger partial charge in [0.15, 0.2) is 4.96 Å². The minimum Gasteiger partial charge on any atom is -0.349 e. The molecule has 102 valence electrons. The van der Waals surface area contributed by atoms with Crippen LogP contribution in [0.4, 0.5) is 0 Å². The average molecular weight is 279 g/mol. The van der Waals surface area contributed by atoms with E-state index in [1.165, 1.54) is 21.9 Å². The summed E-state index contributed by atoms with van der Waals surface area (Å²) in [6.07, 6.45) is 2.18. The smallest absolute Gasteiger partial charge is 0.271 e. The lowest BCUT2D eigenvalue weighted by molar-refractivity contribution is 0.0937. The predicted octanol–water partition coefficient (Wildman–Crippen LogP) is 1.90. The Morgan fingerprint density at radius 1 is 1.53 bits per heavy atom. The summed E-state index contributed by atoms with van der Waals surface area (Å²) in [6, 6.07) is 0.0397. The van der Waals surface area contributed by atoms with Crippen molar-refractivity contribution in [1.82, 2.24) is 14.7 Å². The van der Waals surface area contributed by atoms with E-state index in [1.807, 2.05) is 27.7 Å². The van der Waals surface area contributed by atoms with E-state index in [4.69, 9.17) is 0 Å². The molecule has 0 radical (unpaired) electrons. The van der Waals surface area contributed by atoms with Gasteiger partial charge in [-0.1, -0.05) is 6.92 Å². The molecule has 2 rings (SSSR count). The van der Waals surface area contributed by atoms with Gasteiger partial charge in [-0.2, -0.15) is 0 Å². The molecule has 0 aliphatic rings. The molecule has 19 heavy (non-hydrogen) atoms. The van der Waals surface area contributed by atoms with Crippen molar-refractivity contribution in [3.63, 3.8) is 0 Å². The fourth-order valence-corrected chi connectivity index (χ4v) is 2.66. The number of aryl methyl sites for hydroxylation is 2. The molecule has 1 amide bonds. The third-order valence-corrected chi connectivity index (χ3v) is 4.32. The molecule has 0 spiro atoms. The van der Waals surface area contributed by atoms with E-state index < -0.39 is 0 Å². The molecule has 1 atom stereocenters. The molecule has 0 aromatic carbocycles. The molecule has 0 fully saturated rings. The third-order valence-electron chi connectivity index (χ3n) is 3.25. The third kappa shape index (κ3) is 2.40. The first-order valence-electron chi connectivity index (χ1n) is 6.24. The van der Waals surface area contributed by atoms with Crippen LogP contribution in [0.25, 0.3) is 4.96 Å². The molecular weight excluding hydrogens is 262 g/mol. The molecule has 1 N–H and O–H groups in total. The van der Waals surface area contributed by atoms with Gasteiger partial charge in [-0.25, -0.2) is 4.98 Å². The number of hydrogen-bond donors (Lipinski definition) is 1. The van der Waals surface area contributed by atoms with Gasteiger partial charge >= 0.3 is 0 Å². The van der Waals surface area contributed by atoms with Gasteiger partial charge in [0.1, 0.15) is 5.56 Å². The largest absolute Gasteiger partial charge is 0.349 e. The van der Waals surface area contributed by atoms with E-state index in [9.17, 15) is 9.59 Å². The SMILES string of the molecule is CC[C@@H](C)NC(=O)c1cnc2sc(C)c(C)n2c1=O. The summed E-state index contributed by atoms with van der Waals surface area (Å²) in [5, 5.41) is 2.79. The van der Waals surface area contributed by atoms with Crippen LogP contribution in [0.5, 0.6) is 0 Å². The van der Waals surface area contributed by atoms with Crippen molar-refractivity contribution in [2.24, 2.45) is 0 Å². The number of nitrogens with zero attached hydrogens (tertiary/aromatic N) is 2. The summed E-state index contributed by atoms with van der Waals surface area (Å²) in [6.45, 7) is 7.68. The Bertz CT molecular complexity index is 687. The second kappa shape index (κ2) is 5.13. The number of rotatable bonds is 3. The van der Waals surface area contributed by atoms with E-state index in [1.54, 1.807) is 0 Å². The van der Waals surface area contributed by atoms with Gasteiger partial charge in [0.2, 0.25) is 0 Å². The van der Waals surface area contributed by atoms with Crippen LogP contribution < -0.4 is 10.9 Å². The van der Waals surface area contributed by atoms with Gasteiger partial charge in [0.25, 0.3) is 11.5 Å². The molecule has 6 heteroatoms. The minimum atomic E-state index is -0.357. The van der Waals surface area contributed by atoms with E-state index >= 15 is 0 Å². The summed E-state index contributed by atoms with van der Waals surface area (Å²) in [5.74, 6) is -0.357. The fourth-order valence-electron chi connectivity index (χ4n) is 1.74. The number of amides is 1. The first kappa shape index (κ1) is 13.7. The van der Waals surface area contributed by atoms with Gasteiger partial charge in [-0.15, -0.1) is 11.3 Å². The molecule has 0 aliphatic carbocycles. The molecule has 2 aromatic rings. The van der Waals surface area contributed by atoms with Crippen molar-refractivity contribution in [2.45, 2.75) is 40.2 Å². The number of thiazole rings is 1. The van der Waals surface area contributed by atoms with Crippen LogP contribution in [-0.4, -0.2) is 21.3 Å². The molecule has 0 unspecified atom stereocenters. The number of hydrogen-bond acceptors (Lipinski definition) is 4. The fraction of sp³-hybridized carbons (Fsp3) is 0.462. The Balaban J connectivity index is 2.51. The number of aromatic nitrogens is 2. The maximum absolute atomic E-state index is 12.3. The predicted molar refractivity (Wildman–Crippen MR) is 76.0 cm³/mol. The van der Waals surface area contributed by atoms with E-state index in [-0.39, 0.29) is 23.1 Å². The quantitative estimate of drug-likeness (QED) is 0.933. The van der Waals surface area contributed by atoms with Crippen molar-refractivity contribution in [3.05, 3.63) is 32.7 Å². The standard InChI is InChI=1S/C13H17N3O2S/c1-5-7(2)15-11(17)10-6-14-13-16(12(10)18)8(3)9(4)19-13/h6-7H,5H2,1-4H3,(H,15,17)/t7-/m1/s1. The minimum absolute atomic E-state index is 0.0397. The lowest BCUT2D eigenvalue weighted by Crippen LogP contribution is -2.36. The Hall–Kier alpha value is -1.69. The van der Waals surface area contributed by atoms with Crippen LogP contribution in [-0.2, 0) is 0 Å². The monoisotopic (exact) mass is 279 g/mol. The second-order valence-corrected chi connectivity index (χ2v) is 5.80. The van der Waals surface area contributed by atoms with E-state index in [0.717, 1.165) is 17.0 Å². The first-order chi connectivity index (χ1) is 8.95. The molecular formula is C13H17N3O2S. The average Bonchev–Trinajstić information content (AvgIpc) is 2.66. The zero-order valence-corrected chi connectivity index (χ0v) is 12.3. The zero-order chi connectivity index (χ0) is 14.2. The van der Waals surface area contributed by atoms with Crippen LogP contribution in [0.2, 0.25) is 0 Å². The number of carbonyl (C=O) groups is 1. The number of fused-ring (bicyclic) bond motifs is 1. The van der Waals surface area contributed by atoms with Gasteiger partial charge in [-0.05, 0) is 27.2 Å². The summed E-state index contributed by atoms with van der Waals surface area (Å²) in [5.41, 5.74) is 0.641. The van der Waals surface area contributed by atoms with Crippen LogP contribution in [0, 0.1) is 13.8 Å². The van der Waals surface area contributed by atoms with Crippen molar-refractivity contribution in [1.29, 1.82) is 0 Å². The second-order valence-electron chi connectivity index (χ2n) is 4.62. The van der Waals surface area contributed by atoms with Crippen molar-refractivity contribution in [2.75, 3.05) is 0 Å². The zero-order valence-electron chi connectivity index (χ0n) is 11.5. The van der Waals surface area contributed by atoms with Crippen LogP contribution in [0.15, 0.2) is 11.0 Å². The highest BCUT2D eigenvalue weighted by molar-refractivity contribution is 7.17. The first-order valence-corrected chi connectivity index (χ1v) is 7.06. The maximum atomic E-state index is 12.3. The van der Waals surface area contributed by atoms with Gasteiger partial charge in [0, 0.05) is 22.8 Å². The molecule has 5 nitrogen and oxygen atoms in total. The highest BCUT2D eigenvalue weighted by Gasteiger charge is 2.17. The van der Waals surface area contributed by atoms with Crippen molar-refractivity contribution < 1.29 is 4.79 Å². The molecule has 2 aromatic heterocycles. The lowest BCUT2D eigenvalue weighted by Gasteiger charge is -2.10. The molecule has 0 saturated heterocycles. The van der Waals surface area contributed by atoms with Crippen molar-refractivity contribution >= 4 is 22.2 Å². The van der Waals surface area contributed by atoms with Crippen LogP contribution in [0.1, 0.15) is 41.2 Å². The van der Waals surface area contributed by atoms with Crippen LogP contribution >= 0.6 is 11.3 Å². The topological polar surface area (TPSA) is 63.5 Å². The maximum Gasteiger partial charge on any atom is 0.271 e. The summed E-state index contributed by atoms with van der Waals surface area (Å²) >= 11 is 1.45. The number of nitrogens with one attached hydrogen (secondary N) is 1. The summed E-state index contributed by atoms with van der Waals surface area (Å²) < 4.78 is 1.51. The van der Waals surface area contributed by atoms with Gasteiger partial charge in [0.05, 0.1) is 0 Å². The highest BCUT2D eigenvalue weighted by Crippen LogP contribution is 2.18. The van der Waals surface area contributed by atoms with E-state index in [2.05, 4.69) is 10.3 Å². The lowest BCUT2D eigenvalue weighted by atomic mass is 10.2. The number of carbonyl (C=O) groups excluding carboxylic acids is 1. The van der Waals surface area contributed by atoms with Crippen LogP contribution in [0.3, 0.4) is 0 Å². The Morgan fingerprint density at radius 3 is 2.84 bits per heavy atom. The highest BCUT2D eigenvalue weighted by atomic mass is 32.1. The normalized spacial score (nSPS) is 12.6. The molecule has 0 bridgehead atoms. The Kier molecular flexibility index (Phi) is 3.71. The molecule has 0 aliphatic heterocycles. The van der Waals surface area contributed by atoms with E-state index in [0.29, 0.717) is 4.96 Å². The molecule has 2 heterocycles.